The summed E-state index contributed by atoms with van der Waals surface area (Å²) in [7, 11) is 0. The number of carbonyl (C=O) groups is 2. The van der Waals surface area contributed by atoms with E-state index in [2.05, 4.69) is 10.6 Å². The largest absolute Gasteiger partial charge is 0.416 e. The van der Waals surface area contributed by atoms with Gasteiger partial charge in [0.15, 0.2) is 0 Å². The molecular formula is C22H29F3N4O2. The van der Waals surface area contributed by atoms with Crippen LogP contribution in [0.1, 0.15) is 45.1 Å². The van der Waals surface area contributed by atoms with Crippen LogP contribution in [0.4, 0.5) is 23.7 Å². The number of carbonyl (C=O) groups excluding carboxylic acids is 2. The molecule has 2 heterocycles. The second-order valence-electron chi connectivity index (χ2n) is 9.28. The van der Waals surface area contributed by atoms with Crippen molar-refractivity contribution in [2.45, 2.75) is 57.4 Å². The van der Waals surface area contributed by atoms with Gasteiger partial charge in [0.1, 0.15) is 0 Å². The van der Waals surface area contributed by atoms with Crippen LogP contribution in [-0.4, -0.2) is 53.1 Å². The minimum Gasteiger partial charge on any atom is -0.324 e. The maximum Gasteiger partial charge on any atom is 0.416 e. The maximum absolute atomic E-state index is 13.0. The predicted octanol–water partition coefficient (Wildman–Crippen LogP) is 3.90. The van der Waals surface area contributed by atoms with Crippen molar-refractivity contribution in [3.05, 3.63) is 29.8 Å². The number of nitrogens with one attached hydrogen (secondary N) is 2. The molecule has 1 saturated carbocycles. The summed E-state index contributed by atoms with van der Waals surface area (Å²) in [6, 6.07) is 3.88. The molecule has 6 nitrogen and oxygen atoms in total. The van der Waals surface area contributed by atoms with E-state index in [0.29, 0.717) is 37.5 Å². The maximum atomic E-state index is 13.0. The van der Waals surface area contributed by atoms with Gasteiger partial charge in [-0.1, -0.05) is 13.8 Å². The number of piperidine rings is 1. The number of likely N-dealkylation sites (tertiary alicyclic amines) is 1. The van der Waals surface area contributed by atoms with Crippen molar-refractivity contribution in [3.63, 3.8) is 0 Å². The molecule has 2 N–H and O–H groups in total. The van der Waals surface area contributed by atoms with E-state index in [0.717, 1.165) is 31.5 Å². The molecule has 0 aromatic heterocycles. The van der Waals surface area contributed by atoms with Crippen LogP contribution >= 0.6 is 0 Å². The topological polar surface area (TPSA) is 64.7 Å². The van der Waals surface area contributed by atoms with Gasteiger partial charge in [-0.05, 0) is 48.9 Å². The highest BCUT2D eigenvalue weighted by Gasteiger charge is 2.53. The Labute approximate surface area is 180 Å². The van der Waals surface area contributed by atoms with Crippen LogP contribution in [0.2, 0.25) is 0 Å². The van der Waals surface area contributed by atoms with Gasteiger partial charge in [-0.25, -0.2) is 4.79 Å². The van der Waals surface area contributed by atoms with E-state index in [1.54, 1.807) is 4.90 Å². The Morgan fingerprint density at radius 3 is 2.32 bits per heavy atom. The van der Waals surface area contributed by atoms with E-state index in [9.17, 15) is 22.8 Å². The Morgan fingerprint density at radius 2 is 1.81 bits per heavy atom. The van der Waals surface area contributed by atoms with Gasteiger partial charge in [0.25, 0.3) is 0 Å². The number of amides is 3. The third kappa shape index (κ3) is 4.51. The molecule has 0 bridgehead atoms. The second-order valence-corrected chi connectivity index (χ2v) is 9.28. The molecule has 1 atom stereocenters. The number of benzene rings is 1. The number of halogens is 3. The van der Waals surface area contributed by atoms with E-state index in [-0.39, 0.29) is 23.9 Å². The lowest BCUT2D eigenvalue weighted by Crippen LogP contribution is -2.60. The summed E-state index contributed by atoms with van der Waals surface area (Å²) in [4.78, 5) is 29.4. The minimum absolute atomic E-state index is 0.157. The average molecular weight is 438 g/mol. The summed E-state index contributed by atoms with van der Waals surface area (Å²) in [5.74, 6) is 0.925. The van der Waals surface area contributed by atoms with Crippen LogP contribution in [0.5, 0.6) is 0 Å². The Morgan fingerprint density at radius 1 is 1.19 bits per heavy atom. The SMILES string of the molecule is CC(C)C1NC2(CCN(C(=O)Nc3ccc(C(F)(F)F)cc3)CC2)N(CC2CC2)C1=O. The van der Waals surface area contributed by atoms with Gasteiger partial charge in [0.2, 0.25) is 5.91 Å². The highest BCUT2D eigenvalue weighted by Crippen LogP contribution is 2.39. The number of urea groups is 1. The molecule has 31 heavy (non-hydrogen) atoms. The summed E-state index contributed by atoms with van der Waals surface area (Å²) >= 11 is 0. The first-order chi connectivity index (χ1) is 14.6. The summed E-state index contributed by atoms with van der Waals surface area (Å²) in [5.41, 5.74) is -0.847. The van der Waals surface area contributed by atoms with Crippen molar-refractivity contribution in [1.82, 2.24) is 15.1 Å². The molecular weight excluding hydrogens is 409 g/mol. The molecule has 9 heteroatoms. The van der Waals surface area contributed by atoms with Gasteiger partial charge in [-0.2, -0.15) is 13.2 Å². The van der Waals surface area contributed by atoms with Crippen LogP contribution in [0, 0.1) is 11.8 Å². The van der Waals surface area contributed by atoms with Crippen LogP contribution in [0.25, 0.3) is 0 Å². The van der Waals surface area contributed by atoms with Gasteiger partial charge >= 0.3 is 12.2 Å². The Kier molecular flexibility index (Phi) is 5.66. The highest BCUT2D eigenvalue weighted by atomic mass is 19.4. The van der Waals surface area contributed by atoms with Crippen molar-refractivity contribution in [3.8, 4) is 0 Å². The molecule has 0 radical (unpaired) electrons. The standard InChI is InChI=1S/C22H29F3N4O2/c1-14(2)18-19(30)29(13-15-3-4-15)21(27-18)9-11-28(12-10-21)20(31)26-17-7-5-16(6-8-17)22(23,24)25/h5-8,14-15,18,27H,3-4,9-13H2,1-2H3,(H,26,31). The number of alkyl halides is 3. The molecule has 2 aliphatic heterocycles. The van der Waals surface area contributed by atoms with Gasteiger partial charge in [0.05, 0.1) is 17.3 Å². The molecule has 3 fully saturated rings. The zero-order valence-electron chi connectivity index (χ0n) is 17.8. The van der Waals surface area contributed by atoms with Crippen molar-refractivity contribution in [2.75, 3.05) is 25.0 Å². The lowest BCUT2D eigenvalue weighted by molar-refractivity contribution is -0.137. The van der Waals surface area contributed by atoms with E-state index in [4.69, 9.17) is 0 Å². The molecule has 2 saturated heterocycles. The molecule has 1 aromatic rings. The van der Waals surface area contributed by atoms with Crippen molar-refractivity contribution < 1.29 is 22.8 Å². The van der Waals surface area contributed by atoms with Crippen LogP contribution in [0.15, 0.2) is 24.3 Å². The number of rotatable bonds is 4. The Balaban J connectivity index is 1.39. The molecule has 1 unspecified atom stereocenters. The molecule has 4 rings (SSSR count). The number of anilines is 1. The molecule has 1 aromatic carbocycles. The number of hydrogen-bond acceptors (Lipinski definition) is 3. The second kappa shape index (κ2) is 8.00. The fraction of sp³-hybridized carbons (Fsp3) is 0.636. The fourth-order valence-corrected chi connectivity index (χ4v) is 4.52. The van der Waals surface area contributed by atoms with Crippen molar-refractivity contribution >= 4 is 17.6 Å². The molecule has 3 aliphatic rings. The minimum atomic E-state index is -4.41. The number of nitrogens with zero attached hydrogens (tertiary/aromatic N) is 2. The van der Waals surface area contributed by atoms with Gasteiger partial charge in [0, 0.05) is 38.2 Å². The van der Waals surface area contributed by atoms with Gasteiger partial charge in [-0.15, -0.1) is 0 Å². The first kappa shape index (κ1) is 21.9. The van der Waals surface area contributed by atoms with Gasteiger partial charge < -0.3 is 15.1 Å². The summed E-state index contributed by atoms with van der Waals surface area (Å²) in [6.45, 7) is 5.79. The molecule has 1 spiro atoms. The van der Waals surface area contributed by atoms with Crippen LogP contribution < -0.4 is 10.6 Å². The first-order valence-electron chi connectivity index (χ1n) is 10.9. The smallest absolute Gasteiger partial charge is 0.324 e. The zero-order valence-corrected chi connectivity index (χ0v) is 17.8. The van der Waals surface area contributed by atoms with E-state index in [1.807, 2.05) is 18.7 Å². The molecule has 1 aliphatic carbocycles. The fourth-order valence-electron chi connectivity index (χ4n) is 4.52. The summed E-state index contributed by atoms with van der Waals surface area (Å²) in [6.07, 6.45) is -0.818. The van der Waals surface area contributed by atoms with Crippen molar-refractivity contribution in [2.24, 2.45) is 11.8 Å². The quantitative estimate of drug-likeness (QED) is 0.750. The number of hydrogen-bond donors (Lipinski definition) is 2. The monoisotopic (exact) mass is 438 g/mol. The lowest BCUT2D eigenvalue weighted by atomic mass is 9.95. The van der Waals surface area contributed by atoms with Crippen LogP contribution in [-0.2, 0) is 11.0 Å². The van der Waals surface area contributed by atoms with Crippen LogP contribution in [0.3, 0.4) is 0 Å². The third-order valence-electron chi connectivity index (χ3n) is 6.62. The third-order valence-corrected chi connectivity index (χ3v) is 6.62. The Hall–Kier alpha value is -2.29. The van der Waals surface area contributed by atoms with Crippen molar-refractivity contribution in [1.29, 1.82) is 0 Å². The van der Waals surface area contributed by atoms with E-state index >= 15 is 0 Å². The first-order valence-corrected chi connectivity index (χ1v) is 10.9. The highest BCUT2D eigenvalue weighted by molar-refractivity contribution is 5.89. The Bertz CT molecular complexity index is 828. The van der Waals surface area contributed by atoms with E-state index in [1.165, 1.54) is 12.1 Å². The summed E-state index contributed by atoms with van der Waals surface area (Å²) < 4.78 is 38.1. The molecule has 3 amide bonds. The van der Waals surface area contributed by atoms with E-state index < -0.39 is 17.4 Å². The van der Waals surface area contributed by atoms with Gasteiger partial charge in [-0.3, -0.25) is 10.1 Å². The predicted molar refractivity (Wildman–Crippen MR) is 110 cm³/mol. The lowest BCUT2D eigenvalue weighted by Gasteiger charge is -2.44. The summed E-state index contributed by atoms with van der Waals surface area (Å²) in [5, 5.41) is 6.26. The zero-order chi connectivity index (χ0) is 22.4. The molecule has 170 valence electrons. The average Bonchev–Trinajstić information content (AvgIpc) is 3.49. The normalized spacial score (nSPS) is 23.7.